The first-order valence-electron chi connectivity index (χ1n) is 33.8. The Morgan fingerprint density at radius 2 is 0.519 bits per heavy atom. The molecule has 3 rings (SSSR count). The Bertz CT molecular complexity index is 1320. The number of unbranched alkanes of at least 4 members (excludes halogenated alkanes) is 27. The van der Waals surface area contributed by atoms with Crippen LogP contribution in [0.25, 0.3) is 0 Å². The van der Waals surface area contributed by atoms with Gasteiger partial charge in [0.1, 0.15) is 31.8 Å². The van der Waals surface area contributed by atoms with Crippen molar-refractivity contribution >= 4 is 23.9 Å². The van der Waals surface area contributed by atoms with Gasteiger partial charge in [-0.1, -0.05) is 252 Å². The molecule has 6 atom stereocenters. The van der Waals surface area contributed by atoms with Crippen molar-refractivity contribution in [3.05, 3.63) is 0 Å². The van der Waals surface area contributed by atoms with E-state index in [2.05, 4.69) is 20.8 Å². The lowest BCUT2D eigenvalue weighted by atomic mass is 9.92. The van der Waals surface area contributed by atoms with Crippen LogP contribution in [0, 0.1) is 40.9 Å². The fourth-order valence-corrected chi connectivity index (χ4v) is 12.2. The molecule has 77 heavy (non-hydrogen) atoms. The predicted molar refractivity (Wildman–Crippen MR) is 320 cm³/mol. The highest BCUT2D eigenvalue weighted by atomic mass is 16.6. The first-order chi connectivity index (χ1) is 37.6. The highest BCUT2D eigenvalue weighted by Crippen LogP contribution is 2.47. The van der Waals surface area contributed by atoms with Gasteiger partial charge in [0.15, 0.2) is 0 Å². The van der Waals surface area contributed by atoms with E-state index in [1.54, 1.807) is 0 Å². The zero-order valence-corrected chi connectivity index (χ0v) is 51.4. The first-order valence-corrected chi connectivity index (χ1v) is 33.8. The molecule has 6 unspecified atom stereocenters. The van der Waals surface area contributed by atoms with Crippen molar-refractivity contribution in [2.45, 2.75) is 323 Å². The molecule has 3 aliphatic carbocycles. The Morgan fingerprint density at radius 3 is 0.753 bits per heavy atom. The topological polar surface area (TPSA) is 108 Å². The van der Waals surface area contributed by atoms with Crippen LogP contribution in [-0.4, -0.2) is 75.8 Å². The minimum Gasteiger partial charge on any atom is -0.465 e. The molecule has 450 valence electrons. The van der Waals surface area contributed by atoms with Crippen molar-refractivity contribution in [2.24, 2.45) is 40.9 Å². The summed E-state index contributed by atoms with van der Waals surface area (Å²) in [6.45, 7) is 6.91. The largest absolute Gasteiger partial charge is 0.465 e. The fourth-order valence-electron chi connectivity index (χ4n) is 12.2. The molecule has 3 aliphatic rings. The first kappa shape index (κ1) is 69.1. The van der Waals surface area contributed by atoms with Gasteiger partial charge in [-0.05, 0) is 101 Å². The smallest absolute Gasteiger partial charge is 0.305 e. The summed E-state index contributed by atoms with van der Waals surface area (Å²) in [6.07, 6.45) is 55.2. The van der Waals surface area contributed by atoms with Gasteiger partial charge >= 0.3 is 23.9 Å². The second kappa shape index (κ2) is 45.5. The van der Waals surface area contributed by atoms with Crippen LogP contribution in [0.15, 0.2) is 0 Å². The molecule has 9 heteroatoms. The summed E-state index contributed by atoms with van der Waals surface area (Å²) in [5, 5.41) is 0. The molecular weight excluding hydrogens is 959 g/mol. The van der Waals surface area contributed by atoms with Crippen LogP contribution in [0.4, 0.5) is 0 Å². The van der Waals surface area contributed by atoms with E-state index in [-0.39, 0.29) is 56.7 Å². The molecule has 0 aromatic heterocycles. The highest BCUT2D eigenvalue weighted by molar-refractivity contribution is 5.71. The molecule has 0 spiro atoms. The van der Waals surface area contributed by atoms with Crippen LogP contribution in [0.2, 0.25) is 0 Å². The summed E-state index contributed by atoms with van der Waals surface area (Å²) in [5.41, 5.74) is -1.21. The van der Waals surface area contributed by atoms with Gasteiger partial charge in [0.05, 0.1) is 0 Å². The third-order valence-corrected chi connectivity index (χ3v) is 18.0. The second-order valence-electron chi connectivity index (χ2n) is 25.9. The number of ether oxygens (including phenoxy) is 4. The van der Waals surface area contributed by atoms with Crippen LogP contribution >= 0.6 is 0 Å². The summed E-state index contributed by atoms with van der Waals surface area (Å²) in [5.74, 6) is 4.36. The SMILES string of the molecule is CCCCCCCCC1CC1CCCCCCCC(=O)OCC(COC(=O)CCCCCCCC1CC1CCCCCCCC)(COC(=O)CCCCCCCC1CC1CCCCCCCC)COC(=O)CCCN(C)C. The van der Waals surface area contributed by atoms with Gasteiger partial charge in [-0.15, -0.1) is 0 Å². The third kappa shape index (κ3) is 38.2. The van der Waals surface area contributed by atoms with Gasteiger partial charge in [0.25, 0.3) is 0 Å². The van der Waals surface area contributed by atoms with E-state index < -0.39 is 5.41 Å². The molecule has 9 nitrogen and oxygen atoms in total. The lowest BCUT2D eigenvalue weighted by molar-refractivity contribution is -0.170. The summed E-state index contributed by atoms with van der Waals surface area (Å²) in [7, 11) is 3.94. The molecule has 0 aromatic rings. The molecule has 0 aromatic carbocycles. The normalized spacial score (nSPS) is 20.2. The maximum Gasteiger partial charge on any atom is 0.305 e. The maximum absolute atomic E-state index is 13.3. The number of hydrogen-bond acceptors (Lipinski definition) is 9. The summed E-state index contributed by atoms with van der Waals surface area (Å²) >= 11 is 0. The monoisotopic (exact) mass is 1080 g/mol. The molecule has 0 saturated heterocycles. The Balaban J connectivity index is 1.43. The number of carbonyl (C=O) groups excluding carboxylic acids is 4. The van der Waals surface area contributed by atoms with Crippen LogP contribution in [0.5, 0.6) is 0 Å². The van der Waals surface area contributed by atoms with Gasteiger partial charge in [-0.25, -0.2) is 0 Å². The zero-order valence-electron chi connectivity index (χ0n) is 51.4. The number of esters is 4. The Labute approximate surface area is 475 Å². The van der Waals surface area contributed by atoms with Gasteiger partial charge in [-0.2, -0.15) is 0 Å². The van der Waals surface area contributed by atoms with Crippen LogP contribution < -0.4 is 0 Å². The lowest BCUT2D eigenvalue weighted by Crippen LogP contribution is -2.44. The molecule has 0 heterocycles. The highest BCUT2D eigenvalue weighted by Gasteiger charge is 2.39. The fraction of sp³-hybridized carbons (Fsp3) is 0.941. The number of nitrogens with zero attached hydrogens (tertiary/aromatic N) is 1. The third-order valence-electron chi connectivity index (χ3n) is 18.0. The zero-order chi connectivity index (χ0) is 55.4. The van der Waals surface area contributed by atoms with E-state index in [0.717, 1.165) is 99.8 Å². The van der Waals surface area contributed by atoms with Crippen LogP contribution in [0.3, 0.4) is 0 Å². The molecular formula is C68H125NO8. The minimum atomic E-state index is -1.21. The van der Waals surface area contributed by atoms with E-state index in [1.165, 1.54) is 212 Å². The van der Waals surface area contributed by atoms with E-state index in [0.29, 0.717) is 25.7 Å². The van der Waals surface area contributed by atoms with Crippen molar-refractivity contribution in [3.8, 4) is 0 Å². The number of carbonyl (C=O) groups is 4. The molecule has 3 fully saturated rings. The van der Waals surface area contributed by atoms with Crippen molar-refractivity contribution in [2.75, 3.05) is 47.1 Å². The number of hydrogen-bond donors (Lipinski definition) is 0. The maximum atomic E-state index is 13.3. The molecule has 0 amide bonds. The Kier molecular flexibility index (Phi) is 40.8. The van der Waals surface area contributed by atoms with Crippen molar-refractivity contribution in [1.29, 1.82) is 0 Å². The number of rotatable bonds is 57. The lowest BCUT2D eigenvalue weighted by Gasteiger charge is -2.31. The molecule has 0 radical (unpaired) electrons. The molecule has 0 aliphatic heterocycles. The van der Waals surface area contributed by atoms with Crippen molar-refractivity contribution in [1.82, 2.24) is 4.90 Å². The van der Waals surface area contributed by atoms with E-state index in [1.807, 2.05) is 19.0 Å². The van der Waals surface area contributed by atoms with Gasteiger partial charge in [0, 0.05) is 25.7 Å². The molecule has 3 saturated carbocycles. The van der Waals surface area contributed by atoms with Crippen molar-refractivity contribution in [3.63, 3.8) is 0 Å². The quantitative estimate of drug-likeness (QED) is 0.0334. The summed E-state index contributed by atoms with van der Waals surface area (Å²) in [6, 6.07) is 0. The van der Waals surface area contributed by atoms with Crippen molar-refractivity contribution < 1.29 is 38.1 Å². The standard InChI is InChI=1S/C68H125NO8/c1-6-9-12-15-21-30-40-58-51-61(58)43-33-24-18-27-36-46-64(70)74-54-68(57-77-67(73)49-39-50-69(4)5,55-75-65(71)47-37-28-19-25-34-44-62-52-59(62)41-31-22-16-13-10-7-2)56-76-66(72)48-38-29-20-26-35-45-63-53-60(63)42-32-23-17-14-11-8-3/h58-63H,6-57H2,1-5H3. The second-order valence-corrected chi connectivity index (χ2v) is 25.9. The van der Waals surface area contributed by atoms with Crippen LogP contribution in [0.1, 0.15) is 323 Å². The van der Waals surface area contributed by atoms with Gasteiger partial charge in [-0.3, -0.25) is 19.2 Å². The average Bonchev–Trinajstić information content (AvgIpc) is 4.37. The molecule has 0 bridgehead atoms. The Morgan fingerprint density at radius 1 is 0.312 bits per heavy atom. The summed E-state index contributed by atoms with van der Waals surface area (Å²) in [4.78, 5) is 55.1. The van der Waals surface area contributed by atoms with Crippen LogP contribution in [-0.2, 0) is 38.1 Å². The average molecular weight is 1080 g/mol. The van der Waals surface area contributed by atoms with E-state index >= 15 is 0 Å². The van der Waals surface area contributed by atoms with E-state index in [4.69, 9.17) is 18.9 Å². The molecule has 0 N–H and O–H groups in total. The van der Waals surface area contributed by atoms with E-state index in [9.17, 15) is 19.2 Å². The minimum absolute atomic E-state index is 0.166. The Hall–Kier alpha value is -2.16. The van der Waals surface area contributed by atoms with Gasteiger partial charge in [0.2, 0.25) is 0 Å². The summed E-state index contributed by atoms with van der Waals surface area (Å²) < 4.78 is 23.7. The van der Waals surface area contributed by atoms with Gasteiger partial charge < -0.3 is 23.8 Å². The predicted octanol–water partition coefficient (Wildman–Crippen LogP) is 18.8.